The Hall–Kier alpha value is -0.430. The van der Waals surface area contributed by atoms with E-state index in [0.29, 0.717) is 0 Å². The summed E-state index contributed by atoms with van der Waals surface area (Å²) < 4.78 is 35.3. The fraction of sp³-hybridized carbons (Fsp3) is 0.250. The van der Waals surface area contributed by atoms with Crippen LogP contribution >= 0.6 is 22.6 Å². The predicted octanol–water partition coefficient (Wildman–Crippen LogP) is 2.55. The van der Waals surface area contributed by atoms with E-state index >= 15 is 0 Å². The molecule has 0 aromatic heterocycles. The van der Waals surface area contributed by atoms with Gasteiger partial charge in [0.1, 0.15) is 5.82 Å². The third-order valence-corrected chi connectivity index (χ3v) is 2.32. The lowest BCUT2D eigenvalue weighted by Gasteiger charge is -2.06. The van der Waals surface area contributed by atoms with Crippen LogP contribution < -0.4 is 4.74 Å². The molecule has 13 heavy (non-hydrogen) atoms. The maximum atomic E-state index is 13.2. The van der Waals surface area contributed by atoms with Crippen LogP contribution in [0.5, 0.6) is 5.75 Å². The lowest BCUT2D eigenvalue weighted by atomic mass is 10.3. The highest BCUT2D eigenvalue weighted by atomic mass is 127. The minimum absolute atomic E-state index is 0.00681. The number of halogens is 3. The summed E-state index contributed by atoms with van der Waals surface area (Å²) in [6.07, 6.45) is 0. The zero-order chi connectivity index (χ0) is 9.84. The Kier molecular flexibility index (Phi) is 3.86. The number of hydrogen-bond donors (Lipinski definition) is 0. The molecule has 0 saturated carbocycles. The minimum atomic E-state index is -0.697. The molecular weight excluding hydrogens is 293 g/mol. The summed E-state index contributed by atoms with van der Waals surface area (Å²) >= 11 is 1.58. The van der Waals surface area contributed by atoms with Crippen molar-refractivity contribution in [3.63, 3.8) is 0 Å². The smallest absolute Gasteiger partial charge is 0.188 e. The molecule has 0 fully saturated rings. The van der Waals surface area contributed by atoms with Crippen molar-refractivity contribution in [1.82, 2.24) is 0 Å². The normalized spacial score (nSPS) is 10.2. The molecule has 0 spiro atoms. The zero-order valence-corrected chi connectivity index (χ0v) is 8.97. The molecule has 72 valence electrons. The van der Waals surface area contributed by atoms with E-state index < -0.39 is 11.6 Å². The van der Waals surface area contributed by atoms with Crippen LogP contribution in [0.3, 0.4) is 0 Å². The van der Waals surface area contributed by atoms with E-state index in [4.69, 9.17) is 4.74 Å². The van der Waals surface area contributed by atoms with Crippen LogP contribution in [-0.2, 0) is 4.74 Å². The van der Waals surface area contributed by atoms with Crippen molar-refractivity contribution in [2.45, 2.75) is 0 Å². The number of ether oxygens (including phenoxy) is 2. The summed E-state index contributed by atoms with van der Waals surface area (Å²) in [5.41, 5.74) is 0. The van der Waals surface area contributed by atoms with E-state index in [0.717, 1.165) is 6.07 Å². The Bertz CT molecular complexity index is 304. The van der Waals surface area contributed by atoms with Gasteiger partial charge in [-0.1, -0.05) is 0 Å². The minimum Gasteiger partial charge on any atom is -0.464 e. The Morgan fingerprint density at radius 3 is 2.69 bits per heavy atom. The molecule has 0 aliphatic heterocycles. The summed E-state index contributed by atoms with van der Waals surface area (Å²) in [5.74, 6) is -1.30. The predicted molar refractivity (Wildman–Crippen MR) is 51.6 cm³/mol. The highest BCUT2D eigenvalue weighted by molar-refractivity contribution is 14.1. The molecule has 2 nitrogen and oxygen atoms in total. The molecule has 0 saturated heterocycles. The van der Waals surface area contributed by atoms with Gasteiger partial charge in [-0.2, -0.15) is 0 Å². The van der Waals surface area contributed by atoms with Crippen molar-refractivity contribution in [3.8, 4) is 5.75 Å². The first-order chi connectivity index (χ1) is 6.16. The summed E-state index contributed by atoms with van der Waals surface area (Å²) in [4.78, 5) is 0. The highest BCUT2D eigenvalue weighted by Gasteiger charge is 2.11. The van der Waals surface area contributed by atoms with Crippen LogP contribution in [0.2, 0.25) is 0 Å². The second-order valence-corrected chi connectivity index (χ2v) is 3.30. The van der Waals surface area contributed by atoms with Crippen molar-refractivity contribution < 1.29 is 18.3 Å². The van der Waals surface area contributed by atoms with E-state index in [9.17, 15) is 8.78 Å². The first-order valence-electron chi connectivity index (χ1n) is 3.42. The fourth-order valence-corrected chi connectivity index (χ4v) is 1.19. The van der Waals surface area contributed by atoms with E-state index in [2.05, 4.69) is 4.74 Å². The van der Waals surface area contributed by atoms with Crippen LogP contribution in [0.4, 0.5) is 8.78 Å². The lowest BCUT2D eigenvalue weighted by Crippen LogP contribution is -2.02. The van der Waals surface area contributed by atoms with Crippen molar-refractivity contribution in [1.29, 1.82) is 0 Å². The van der Waals surface area contributed by atoms with Crippen LogP contribution in [0.1, 0.15) is 0 Å². The summed E-state index contributed by atoms with van der Waals surface area (Å²) in [7, 11) is 1.42. The standard InChI is InChI=1S/C8H7F2IO2/c1-12-4-13-6-3-2-5(9)8(11)7(6)10/h2-3H,4H2,1H3. The van der Waals surface area contributed by atoms with Gasteiger partial charge in [-0.25, -0.2) is 8.78 Å². The molecule has 1 aromatic carbocycles. The molecule has 0 atom stereocenters. The Labute approximate surface area is 88.0 Å². The van der Waals surface area contributed by atoms with Gasteiger partial charge in [0.2, 0.25) is 0 Å². The number of rotatable bonds is 3. The lowest BCUT2D eigenvalue weighted by molar-refractivity contribution is 0.0480. The number of methoxy groups -OCH3 is 1. The van der Waals surface area contributed by atoms with Crippen LogP contribution in [0, 0.1) is 15.2 Å². The molecule has 1 rings (SSSR count). The summed E-state index contributed by atoms with van der Waals surface area (Å²) in [5, 5.41) is 0. The third kappa shape index (κ3) is 2.50. The molecule has 0 radical (unpaired) electrons. The average molecular weight is 300 g/mol. The second kappa shape index (κ2) is 4.71. The summed E-state index contributed by atoms with van der Waals surface area (Å²) in [6.45, 7) is -0.0569. The van der Waals surface area contributed by atoms with Crippen molar-refractivity contribution in [3.05, 3.63) is 27.3 Å². The Balaban J connectivity index is 2.90. The van der Waals surface area contributed by atoms with E-state index in [1.165, 1.54) is 13.2 Å². The van der Waals surface area contributed by atoms with Crippen molar-refractivity contribution in [2.24, 2.45) is 0 Å². The molecule has 0 aliphatic carbocycles. The SMILES string of the molecule is COCOc1ccc(F)c(I)c1F. The van der Waals surface area contributed by atoms with Crippen molar-refractivity contribution in [2.75, 3.05) is 13.9 Å². The molecule has 0 N–H and O–H groups in total. The first kappa shape index (κ1) is 10.6. The molecule has 0 heterocycles. The largest absolute Gasteiger partial charge is 0.464 e. The fourth-order valence-electron chi connectivity index (χ4n) is 0.742. The van der Waals surface area contributed by atoms with Gasteiger partial charge in [0.25, 0.3) is 0 Å². The Morgan fingerprint density at radius 2 is 2.08 bits per heavy atom. The maximum absolute atomic E-state index is 13.2. The van der Waals surface area contributed by atoms with Crippen LogP contribution in [0.15, 0.2) is 12.1 Å². The maximum Gasteiger partial charge on any atom is 0.188 e. The van der Waals surface area contributed by atoms with Gasteiger partial charge in [-0.3, -0.25) is 0 Å². The van der Waals surface area contributed by atoms with Gasteiger partial charge in [0, 0.05) is 7.11 Å². The second-order valence-electron chi connectivity index (χ2n) is 2.22. The van der Waals surface area contributed by atoms with Gasteiger partial charge < -0.3 is 9.47 Å². The van der Waals surface area contributed by atoms with Gasteiger partial charge in [-0.05, 0) is 34.7 Å². The van der Waals surface area contributed by atoms with Crippen molar-refractivity contribution >= 4 is 22.6 Å². The molecule has 0 amide bonds. The zero-order valence-electron chi connectivity index (χ0n) is 6.81. The van der Waals surface area contributed by atoms with Gasteiger partial charge in [0.05, 0.1) is 3.57 Å². The van der Waals surface area contributed by atoms with E-state index in [-0.39, 0.29) is 16.1 Å². The third-order valence-electron chi connectivity index (χ3n) is 1.33. The number of benzene rings is 1. The Morgan fingerprint density at radius 1 is 1.38 bits per heavy atom. The van der Waals surface area contributed by atoms with E-state index in [1.54, 1.807) is 22.6 Å². The van der Waals surface area contributed by atoms with Crippen LogP contribution in [-0.4, -0.2) is 13.9 Å². The first-order valence-corrected chi connectivity index (χ1v) is 4.50. The summed E-state index contributed by atoms with van der Waals surface area (Å²) in [6, 6.07) is 2.38. The van der Waals surface area contributed by atoms with Gasteiger partial charge in [0.15, 0.2) is 18.4 Å². The molecule has 0 bridgehead atoms. The topological polar surface area (TPSA) is 18.5 Å². The quantitative estimate of drug-likeness (QED) is 0.485. The highest BCUT2D eigenvalue weighted by Crippen LogP contribution is 2.24. The number of hydrogen-bond acceptors (Lipinski definition) is 2. The van der Waals surface area contributed by atoms with E-state index in [1.807, 2.05) is 0 Å². The van der Waals surface area contributed by atoms with Gasteiger partial charge >= 0.3 is 0 Å². The van der Waals surface area contributed by atoms with Gasteiger partial charge in [-0.15, -0.1) is 0 Å². The molecule has 0 aliphatic rings. The molecule has 1 aromatic rings. The average Bonchev–Trinajstić information content (AvgIpc) is 2.13. The monoisotopic (exact) mass is 300 g/mol. The molecule has 0 unspecified atom stereocenters. The molecular formula is C8H7F2IO2. The van der Waals surface area contributed by atoms with Crippen LogP contribution in [0.25, 0.3) is 0 Å². The molecule has 5 heteroatoms.